The fourth-order valence-electron chi connectivity index (χ4n) is 2.34. The molecule has 1 aliphatic carbocycles. The van der Waals surface area contributed by atoms with Gasteiger partial charge in [-0.05, 0) is 31.2 Å². The van der Waals surface area contributed by atoms with Crippen molar-refractivity contribution >= 4 is 17.4 Å². The second-order valence-corrected chi connectivity index (χ2v) is 5.76. The van der Waals surface area contributed by atoms with Gasteiger partial charge in [-0.15, -0.1) is 0 Å². The average molecular weight is 247 g/mol. The fraction of sp³-hybridized carbons (Fsp3) is 0.538. The van der Waals surface area contributed by atoms with Gasteiger partial charge >= 0.3 is 0 Å². The molecule has 1 heterocycles. The first-order chi connectivity index (χ1) is 8.28. The Bertz CT molecular complexity index is 419. The van der Waals surface area contributed by atoms with Gasteiger partial charge in [0.15, 0.2) is 0 Å². The molecular formula is C13H17N3S. The molecule has 1 aromatic rings. The van der Waals surface area contributed by atoms with Crippen LogP contribution in [0.4, 0.5) is 5.69 Å². The number of hydrogen-bond acceptors (Lipinski definition) is 4. The maximum atomic E-state index is 8.79. The minimum absolute atomic E-state index is 0.385. The van der Waals surface area contributed by atoms with E-state index < -0.39 is 0 Å². The molecule has 1 aromatic heterocycles. The molecule has 0 unspecified atom stereocenters. The van der Waals surface area contributed by atoms with Gasteiger partial charge in [-0.1, -0.05) is 12.8 Å². The summed E-state index contributed by atoms with van der Waals surface area (Å²) in [6, 6.07) is 5.79. The summed E-state index contributed by atoms with van der Waals surface area (Å²) in [5.74, 6) is 0. The molecule has 1 N–H and O–H groups in total. The molecule has 1 aliphatic rings. The predicted molar refractivity (Wildman–Crippen MR) is 72.2 cm³/mol. The van der Waals surface area contributed by atoms with Crippen LogP contribution < -0.4 is 5.32 Å². The van der Waals surface area contributed by atoms with Crippen molar-refractivity contribution in [3.05, 3.63) is 24.0 Å². The van der Waals surface area contributed by atoms with Gasteiger partial charge in [0.05, 0.1) is 0 Å². The zero-order valence-corrected chi connectivity index (χ0v) is 10.9. The minimum Gasteiger partial charge on any atom is -0.384 e. The Balaban J connectivity index is 1.99. The highest BCUT2D eigenvalue weighted by molar-refractivity contribution is 8.00. The van der Waals surface area contributed by atoms with E-state index in [4.69, 9.17) is 5.26 Å². The van der Waals surface area contributed by atoms with Crippen molar-refractivity contribution in [2.45, 2.75) is 30.4 Å². The zero-order chi connectivity index (χ0) is 12.1. The number of pyridine rings is 1. The van der Waals surface area contributed by atoms with E-state index in [2.05, 4.69) is 22.6 Å². The van der Waals surface area contributed by atoms with E-state index in [1.165, 1.54) is 25.7 Å². The number of anilines is 1. The average Bonchev–Trinajstić information content (AvgIpc) is 2.86. The third-order valence-corrected chi connectivity index (χ3v) is 4.86. The normalized spacial score (nSPS) is 17.6. The second-order valence-electron chi connectivity index (χ2n) is 4.49. The summed E-state index contributed by atoms with van der Waals surface area (Å²) in [7, 11) is 0. The predicted octanol–water partition coefficient (Wildman–Crippen LogP) is 3.04. The third-order valence-electron chi connectivity index (χ3n) is 3.44. The molecule has 0 saturated heterocycles. The summed E-state index contributed by atoms with van der Waals surface area (Å²) < 4.78 is 0.385. The summed E-state index contributed by atoms with van der Waals surface area (Å²) in [5.41, 5.74) is 1.47. The van der Waals surface area contributed by atoms with Crippen molar-refractivity contribution in [2.24, 2.45) is 0 Å². The number of nitrogens with zero attached hydrogens (tertiary/aromatic N) is 2. The first-order valence-corrected chi connectivity index (χ1v) is 7.16. The summed E-state index contributed by atoms with van der Waals surface area (Å²) in [4.78, 5) is 3.97. The van der Waals surface area contributed by atoms with Gasteiger partial charge in [0.25, 0.3) is 0 Å². The molecule has 0 bridgehead atoms. The molecule has 3 nitrogen and oxygen atoms in total. The highest BCUT2D eigenvalue weighted by Crippen LogP contribution is 2.40. The van der Waals surface area contributed by atoms with Crippen LogP contribution in [0, 0.1) is 11.3 Å². The van der Waals surface area contributed by atoms with Crippen molar-refractivity contribution in [1.82, 2.24) is 4.98 Å². The highest BCUT2D eigenvalue weighted by Gasteiger charge is 2.32. The summed E-state index contributed by atoms with van der Waals surface area (Å²) >= 11 is 1.97. The summed E-state index contributed by atoms with van der Waals surface area (Å²) in [5, 5.41) is 12.2. The quantitative estimate of drug-likeness (QED) is 0.888. The summed E-state index contributed by atoms with van der Waals surface area (Å²) in [6.45, 7) is 0.975. The van der Waals surface area contributed by atoms with E-state index in [-0.39, 0.29) is 0 Å². The Morgan fingerprint density at radius 3 is 2.94 bits per heavy atom. The van der Waals surface area contributed by atoms with Gasteiger partial charge in [-0.3, -0.25) is 0 Å². The zero-order valence-electron chi connectivity index (χ0n) is 10.1. The highest BCUT2D eigenvalue weighted by atomic mass is 32.2. The number of rotatable bonds is 4. The van der Waals surface area contributed by atoms with Crippen LogP contribution in [0.25, 0.3) is 0 Å². The molecule has 90 valence electrons. The van der Waals surface area contributed by atoms with E-state index in [1.807, 2.05) is 23.9 Å². The topological polar surface area (TPSA) is 48.7 Å². The SMILES string of the molecule is CSC1(CNc2ccnc(C#N)c2)CCCC1. The number of nitriles is 1. The first-order valence-electron chi connectivity index (χ1n) is 5.93. The largest absolute Gasteiger partial charge is 0.384 e. The molecule has 4 heteroatoms. The molecule has 0 atom stereocenters. The number of thioether (sulfide) groups is 1. The molecule has 0 radical (unpaired) electrons. The van der Waals surface area contributed by atoms with E-state index >= 15 is 0 Å². The van der Waals surface area contributed by atoms with Crippen LogP contribution in [0.3, 0.4) is 0 Å². The van der Waals surface area contributed by atoms with Crippen LogP contribution in [0.2, 0.25) is 0 Å². The molecule has 17 heavy (non-hydrogen) atoms. The molecule has 1 saturated carbocycles. The molecule has 0 spiro atoms. The van der Waals surface area contributed by atoms with Gasteiger partial charge in [0.1, 0.15) is 11.8 Å². The lowest BCUT2D eigenvalue weighted by Gasteiger charge is -2.27. The molecule has 0 aliphatic heterocycles. The molecule has 0 aromatic carbocycles. The van der Waals surface area contributed by atoms with Crippen molar-refractivity contribution in [2.75, 3.05) is 18.1 Å². The van der Waals surface area contributed by atoms with Crippen LogP contribution in [0.1, 0.15) is 31.4 Å². The van der Waals surface area contributed by atoms with Crippen LogP contribution >= 0.6 is 11.8 Å². The second kappa shape index (κ2) is 5.42. The lowest BCUT2D eigenvalue weighted by molar-refractivity contribution is 0.640. The van der Waals surface area contributed by atoms with Gasteiger partial charge in [0, 0.05) is 23.2 Å². The number of aromatic nitrogens is 1. The Morgan fingerprint density at radius 1 is 1.53 bits per heavy atom. The molecule has 2 rings (SSSR count). The van der Waals surface area contributed by atoms with Crippen LogP contribution in [-0.2, 0) is 0 Å². The van der Waals surface area contributed by atoms with E-state index in [0.717, 1.165) is 12.2 Å². The van der Waals surface area contributed by atoms with Gasteiger partial charge < -0.3 is 5.32 Å². The van der Waals surface area contributed by atoms with Crippen LogP contribution in [0.15, 0.2) is 18.3 Å². The molecule has 0 amide bonds. The van der Waals surface area contributed by atoms with Crippen LogP contribution in [0.5, 0.6) is 0 Å². The smallest absolute Gasteiger partial charge is 0.142 e. The third kappa shape index (κ3) is 2.92. The first kappa shape index (κ1) is 12.3. The van der Waals surface area contributed by atoms with Crippen LogP contribution in [-0.4, -0.2) is 22.5 Å². The Hall–Kier alpha value is -1.21. The van der Waals surface area contributed by atoms with Crippen molar-refractivity contribution in [3.63, 3.8) is 0 Å². The van der Waals surface area contributed by atoms with Gasteiger partial charge in [-0.25, -0.2) is 4.98 Å². The molecular weight excluding hydrogens is 230 g/mol. The summed E-state index contributed by atoms with van der Waals surface area (Å²) in [6.07, 6.45) is 9.13. The van der Waals surface area contributed by atoms with E-state index in [1.54, 1.807) is 6.20 Å². The molecule has 1 fully saturated rings. The lowest BCUT2D eigenvalue weighted by Crippen LogP contribution is -2.30. The monoisotopic (exact) mass is 247 g/mol. The van der Waals surface area contributed by atoms with Crippen molar-refractivity contribution in [3.8, 4) is 6.07 Å². The van der Waals surface area contributed by atoms with E-state index in [0.29, 0.717) is 10.4 Å². The van der Waals surface area contributed by atoms with Gasteiger partial charge in [0.2, 0.25) is 0 Å². The number of hydrogen-bond donors (Lipinski definition) is 1. The Morgan fingerprint density at radius 2 is 2.29 bits per heavy atom. The Labute approximate surface area is 107 Å². The van der Waals surface area contributed by atoms with Gasteiger partial charge in [-0.2, -0.15) is 17.0 Å². The van der Waals surface area contributed by atoms with Crippen molar-refractivity contribution in [1.29, 1.82) is 5.26 Å². The minimum atomic E-state index is 0.385. The lowest BCUT2D eigenvalue weighted by atomic mass is 10.1. The maximum Gasteiger partial charge on any atom is 0.142 e. The maximum absolute atomic E-state index is 8.79. The standard InChI is InChI=1S/C13H17N3S/c1-17-13(5-2-3-6-13)10-16-11-4-7-15-12(8-11)9-14/h4,7-8H,2-3,5-6,10H2,1H3,(H,15,16). The Kier molecular flexibility index (Phi) is 3.90. The van der Waals surface area contributed by atoms with E-state index in [9.17, 15) is 0 Å². The van der Waals surface area contributed by atoms with Crippen molar-refractivity contribution < 1.29 is 0 Å². The fourth-order valence-corrected chi connectivity index (χ4v) is 3.25. The number of nitrogens with one attached hydrogen (secondary N) is 1.